The minimum atomic E-state index is -0.227. The average Bonchev–Trinajstić information content (AvgIpc) is 2.66. The molecule has 1 heterocycles. The Morgan fingerprint density at radius 2 is 1.57 bits per heavy atom. The van der Waals surface area contributed by atoms with Crippen LogP contribution in [0.5, 0.6) is 0 Å². The normalized spacial score (nSPS) is 11.2. The van der Waals surface area contributed by atoms with Gasteiger partial charge >= 0.3 is 0 Å². The Hall–Kier alpha value is -3.21. The fourth-order valence-corrected chi connectivity index (χ4v) is 2.77. The second-order valence-corrected chi connectivity index (χ2v) is 7.95. The molecule has 3 rings (SSSR count). The maximum Gasteiger partial charge on any atom is 0.258 e. The highest BCUT2D eigenvalue weighted by molar-refractivity contribution is 6.04. The summed E-state index contributed by atoms with van der Waals surface area (Å²) in [7, 11) is 0. The zero-order chi connectivity index (χ0) is 20.3. The first-order chi connectivity index (χ1) is 13.2. The molecule has 0 bridgehead atoms. The Morgan fingerprint density at radius 1 is 0.929 bits per heavy atom. The van der Waals surface area contributed by atoms with E-state index in [0.717, 1.165) is 22.5 Å². The van der Waals surface area contributed by atoms with E-state index in [2.05, 4.69) is 53.5 Å². The molecule has 5 heteroatoms. The molecule has 0 aliphatic heterocycles. The lowest BCUT2D eigenvalue weighted by atomic mass is 9.87. The largest absolute Gasteiger partial charge is 0.324 e. The molecule has 0 aliphatic rings. The van der Waals surface area contributed by atoms with Gasteiger partial charge in [0.2, 0.25) is 5.95 Å². The standard InChI is InChI=1S/C23H26N4O/c1-15-7-6-8-20(16(15)2)27-21(28)17-13-24-22(25-14-17)26-19-11-9-18(10-12-19)23(3,4)5/h6-14H,1-5H3,(H,27,28)(H,24,25,26). The topological polar surface area (TPSA) is 66.9 Å². The van der Waals surface area contributed by atoms with Gasteiger partial charge in [-0.05, 0) is 54.2 Å². The molecule has 1 amide bonds. The molecule has 1 aromatic heterocycles. The van der Waals surface area contributed by atoms with Gasteiger partial charge in [0.25, 0.3) is 5.91 Å². The van der Waals surface area contributed by atoms with Crippen LogP contribution in [0.25, 0.3) is 0 Å². The highest BCUT2D eigenvalue weighted by Crippen LogP contribution is 2.24. The van der Waals surface area contributed by atoms with Crippen LogP contribution in [0.2, 0.25) is 0 Å². The molecule has 0 atom stereocenters. The number of benzene rings is 2. The molecular formula is C23H26N4O. The van der Waals surface area contributed by atoms with Crippen LogP contribution in [0.15, 0.2) is 54.9 Å². The third kappa shape index (κ3) is 4.55. The van der Waals surface area contributed by atoms with E-state index < -0.39 is 0 Å². The minimum Gasteiger partial charge on any atom is -0.324 e. The quantitative estimate of drug-likeness (QED) is 0.643. The molecule has 0 unspecified atom stereocenters. The van der Waals surface area contributed by atoms with Crippen LogP contribution >= 0.6 is 0 Å². The van der Waals surface area contributed by atoms with Crippen molar-refractivity contribution in [3.05, 3.63) is 77.1 Å². The van der Waals surface area contributed by atoms with Crippen molar-refractivity contribution in [2.45, 2.75) is 40.0 Å². The van der Waals surface area contributed by atoms with E-state index in [4.69, 9.17) is 0 Å². The fraction of sp³-hybridized carbons (Fsp3) is 0.261. The lowest BCUT2D eigenvalue weighted by molar-refractivity contribution is 0.102. The molecule has 28 heavy (non-hydrogen) atoms. The molecule has 144 valence electrons. The first-order valence-electron chi connectivity index (χ1n) is 9.31. The number of nitrogens with zero attached hydrogens (tertiary/aromatic N) is 2. The Bertz CT molecular complexity index is 971. The zero-order valence-electron chi connectivity index (χ0n) is 17.0. The van der Waals surface area contributed by atoms with Gasteiger partial charge in [-0.1, -0.05) is 45.0 Å². The van der Waals surface area contributed by atoms with Crippen LogP contribution in [-0.2, 0) is 5.41 Å². The van der Waals surface area contributed by atoms with Gasteiger partial charge in [-0.15, -0.1) is 0 Å². The summed E-state index contributed by atoms with van der Waals surface area (Å²) in [5.74, 6) is 0.224. The average molecular weight is 374 g/mol. The second kappa shape index (κ2) is 7.80. The summed E-state index contributed by atoms with van der Waals surface area (Å²) in [6.07, 6.45) is 3.05. The van der Waals surface area contributed by atoms with Gasteiger partial charge in [-0.3, -0.25) is 4.79 Å². The number of anilines is 3. The number of nitrogens with one attached hydrogen (secondary N) is 2. The Morgan fingerprint density at radius 3 is 2.18 bits per heavy atom. The lowest BCUT2D eigenvalue weighted by Gasteiger charge is -2.19. The van der Waals surface area contributed by atoms with E-state index in [1.165, 1.54) is 18.0 Å². The summed E-state index contributed by atoms with van der Waals surface area (Å²) >= 11 is 0. The maximum absolute atomic E-state index is 12.5. The molecule has 0 saturated carbocycles. The number of carbonyl (C=O) groups excluding carboxylic acids is 1. The van der Waals surface area contributed by atoms with Crippen molar-refractivity contribution >= 4 is 23.2 Å². The highest BCUT2D eigenvalue weighted by atomic mass is 16.1. The minimum absolute atomic E-state index is 0.111. The summed E-state index contributed by atoms with van der Waals surface area (Å²) < 4.78 is 0. The van der Waals surface area contributed by atoms with Crippen LogP contribution in [0, 0.1) is 13.8 Å². The number of hydrogen-bond donors (Lipinski definition) is 2. The van der Waals surface area contributed by atoms with Crippen LogP contribution in [0.4, 0.5) is 17.3 Å². The molecule has 3 aromatic rings. The number of hydrogen-bond acceptors (Lipinski definition) is 4. The highest BCUT2D eigenvalue weighted by Gasteiger charge is 2.13. The monoisotopic (exact) mass is 374 g/mol. The van der Waals surface area contributed by atoms with Crippen molar-refractivity contribution in [1.29, 1.82) is 0 Å². The second-order valence-electron chi connectivity index (χ2n) is 7.95. The van der Waals surface area contributed by atoms with Crippen molar-refractivity contribution in [2.75, 3.05) is 10.6 Å². The van der Waals surface area contributed by atoms with Crippen LogP contribution < -0.4 is 10.6 Å². The number of amides is 1. The first-order valence-corrected chi connectivity index (χ1v) is 9.31. The van der Waals surface area contributed by atoms with E-state index >= 15 is 0 Å². The molecular weight excluding hydrogens is 348 g/mol. The van der Waals surface area contributed by atoms with Crippen LogP contribution in [0.3, 0.4) is 0 Å². The van der Waals surface area contributed by atoms with E-state index in [-0.39, 0.29) is 11.3 Å². The third-order valence-corrected chi connectivity index (χ3v) is 4.77. The summed E-state index contributed by atoms with van der Waals surface area (Å²) in [6, 6.07) is 14.0. The van der Waals surface area contributed by atoms with Crippen molar-refractivity contribution in [3.63, 3.8) is 0 Å². The van der Waals surface area contributed by atoms with E-state index in [1.54, 1.807) is 0 Å². The molecule has 0 aliphatic carbocycles. The first kappa shape index (κ1) is 19.5. The van der Waals surface area contributed by atoms with Gasteiger partial charge in [0.05, 0.1) is 5.56 Å². The van der Waals surface area contributed by atoms with Crippen molar-refractivity contribution in [1.82, 2.24) is 9.97 Å². The molecule has 2 aromatic carbocycles. The van der Waals surface area contributed by atoms with Gasteiger partial charge in [0.1, 0.15) is 0 Å². The number of aromatic nitrogens is 2. The molecule has 0 fully saturated rings. The molecule has 5 nitrogen and oxygen atoms in total. The summed E-state index contributed by atoms with van der Waals surface area (Å²) in [6.45, 7) is 10.5. The van der Waals surface area contributed by atoms with Gasteiger partial charge in [0, 0.05) is 23.8 Å². The van der Waals surface area contributed by atoms with Gasteiger partial charge in [0.15, 0.2) is 0 Å². The Labute approximate surface area is 166 Å². The van der Waals surface area contributed by atoms with Gasteiger partial charge < -0.3 is 10.6 Å². The Kier molecular flexibility index (Phi) is 5.45. The number of aryl methyl sites for hydroxylation is 1. The summed E-state index contributed by atoms with van der Waals surface area (Å²) in [4.78, 5) is 21.0. The van der Waals surface area contributed by atoms with Crippen molar-refractivity contribution in [3.8, 4) is 0 Å². The third-order valence-electron chi connectivity index (χ3n) is 4.77. The summed E-state index contributed by atoms with van der Waals surface area (Å²) in [5, 5.41) is 6.08. The van der Waals surface area contributed by atoms with E-state index in [9.17, 15) is 4.79 Å². The molecule has 2 N–H and O–H groups in total. The number of carbonyl (C=O) groups is 1. The predicted octanol–water partition coefficient (Wildman–Crippen LogP) is 5.39. The van der Waals surface area contributed by atoms with Gasteiger partial charge in [-0.2, -0.15) is 0 Å². The molecule has 0 saturated heterocycles. The molecule has 0 radical (unpaired) electrons. The SMILES string of the molecule is Cc1cccc(NC(=O)c2cnc(Nc3ccc(C(C)(C)C)cc3)nc2)c1C. The molecule has 0 spiro atoms. The van der Waals surface area contributed by atoms with Crippen molar-refractivity contribution < 1.29 is 4.79 Å². The smallest absolute Gasteiger partial charge is 0.258 e. The van der Waals surface area contributed by atoms with Crippen molar-refractivity contribution in [2.24, 2.45) is 0 Å². The van der Waals surface area contributed by atoms with Crippen LogP contribution in [0.1, 0.15) is 47.8 Å². The zero-order valence-corrected chi connectivity index (χ0v) is 17.0. The predicted molar refractivity (Wildman–Crippen MR) is 114 cm³/mol. The number of rotatable bonds is 4. The summed E-state index contributed by atoms with van der Waals surface area (Å²) in [5.41, 5.74) is 5.66. The van der Waals surface area contributed by atoms with E-state index in [1.807, 2.05) is 44.2 Å². The van der Waals surface area contributed by atoms with Gasteiger partial charge in [-0.25, -0.2) is 9.97 Å². The van der Waals surface area contributed by atoms with E-state index in [0.29, 0.717) is 11.5 Å². The maximum atomic E-state index is 12.5. The van der Waals surface area contributed by atoms with Crippen LogP contribution in [-0.4, -0.2) is 15.9 Å². The lowest BCUT2D eigenvalue weighted by Crippen LogP contribution is -2.14. The fourth-order valence-electron chi connectivity index (χ4n) is 2.77. The Balaban J connectivity index is 1.67.